The van der Waals surface area contributed by atoms with Crippen LogP contribution in [0.1, 0.15) is 12.2 Å². The van der Waals surface area contributed by atoms with Gasteiger partial charge in [0.2, 0.25) is 5.91 Å². The van der Waals surface area contributed by atoms with E-state index in [2.05, 4.69) is 25.6 Å². The quantitative estimate of drug-likeness (QED) is 0.755. The minimum absolute atomic E-state index is 0.00938. The molecule has 0 saturated carbocycles. The Balaban J connectivity index is 1.49. The third-order valence-corrected chi connectivity index (χ3v) is 3.76. The van der Waals surface area contributed by atoms with Crippen molar-refractivity contribution in [2.24, 2.45) is 5.92 Å². The number of anilines is 1. The zero-order chi connectivity index (χ0) is 16.1. The lowest BCUT2D eigenvalue weighted by molar-refractivity contribution is -0.124. The van der Waals surface area contributed by atoms with Crippen molar-refractivity contribution in [2.75, 3.05) is 31.6 Å². The van der Waals surface area contributed by atoms with Gasteiger partial charge in [-0.15, -0.1) is 0 Å². The van der Waals surface area contributed by atoms with Crippen molar-refractivity contribution >= 4 is 11.7 Å². The first-order chi connectivity index (χ1) is 11.2. The van der Waals surface area contributed by atoms with Gasteiger partial charge in [-0.2, -0.15) is 0 Å². The van der Waals surface area contributed by atoms with Gasteiger partial charge in [0.15, 0.2) is 0 Å². The monoisotopic (exact) mass is 316 g/mol. The summed E-state index contributed by atoms with van der Waals surface area (Å²) >= 11 is 0. The average molecular weight is 316 g/mol. The van der Waals surface area contributed by atoms with Crippen molar-refractivity contribution in [1.29, 1.82) is 0 Å². The Morgan fingerprint density at radius 3 is 3.04 bits per heavy atom. The van der Waals surface area contributed by atoms with Crippen molar-refractivity contribution in [2.45, 2.75) is 13.3 Å². The summed E-state index contributed by atoms with van der Waals surface area (Å²) in [5, 5.41) is 6.09. The van der Waals surface area contributed by atoms with Crippen molar-refractivity contribution in [3.63, 3.8) is 0 Å². The summed E-state index contributed by atoms with van der Waals surface area (Å²) in [6.07, 6.45) is 5.89. The van der Waals surface area contributed by atoms with Crippen LogP contribution in [0.5, 0.6) is 0 Å². The zero-order valence-corrected chi connectivity index (χ0v) is 13.0. The van der Waals surface area contributed by atoms with E-state index >= 15 is 0 Å². The van der Waals surface area contributed by atoms with E-state index in [0.29, 0.717) is 32.1 Å². The SMILES string of the molecule is Cc1nccn1-c1cc(NCCNC(=O)[C@H]2CCOC2)ncn1. The lowest BCUT2D eigenvalue weighted by atomic mass is 10.1. The van der Waals surface area contributed by atoms with Crippen LogP contribution < -0.4 is 10.6 Å². The lowest BCUT2D eigenvalue weighted by Crippen LogP contribution is -2.34. The maximum Gasteiger partial charge on any atom is 0.225 e. The predicted octanol–water partition coefficient (Wildman–Crippen LogP) is 0.535. The number of nitrogens with zero attached hydrogens (tertiary/aromatic N) is 4. The summed E-state index contributed by atoms with van der Waals surface area (Å²) in [5.41, 5.74) is 0. The van der Waals surface area contributed by atoms with Crippen molar-refractivity contribution in [3.8, 4) is 5.82 Å². The van der Waals surface area contributed by atoms with Crippen LogP contribution in [0.3, 0.4) is 0 Å². The normalized spacial score (nSPS) is 17.2. The number of hydrogen-bond acceptors (Lipinski definition) is 6. The molecule has 3 rings (SSSR count). The largest absolute Gasteiger partial charge is 0.381 e. The highest BCUT2D eigenvalue weighted by Gasteiger charge is 2.22. The summed E-state index contributed by atoms with van der Waals surface area (Å²) in [6.45, 7) is 4.25. The molecule has 0 aliphatic carbocycles. The highest BCUT2D eigenvalue weighted by Crippen LogP contribution is 2.12. The van der Waals surface area contributed by atoms with Crippen LogP contribution in [0.15, 0.2) is 24.8 Å². The molecule has 0 bridgehead atoms. The van der Waals surface area contributed by atoms with Gasteiger partial charge in [0.05, 0.1) is 12.5 Å². The third kappa shape index (κ3) is 3.84. The molecule has 1 atom stereocenters. The third-order valence-electron chi connectivity index (χ3n) is 3.76. The van der Waals surface area contributed by atoms with Crippen LogP contribution >= 0.6 is 0 Å². The Morgan fingerprint density at radius 2 is 2.30 bits per heavy atom. The standard InChI is InChI=1S/C15H20N6O2/c1-11-16-5-6-21(11)14-8-13(19-10-20-14)17-3-4-18-15(22)12-2-7-23-9-12/h5-6,8,10,12H,2-4,7,9H2,1H3,(H,18,22)(H,17,19,20)/t12-/m0/s1. The fourth-order valence-corrected chi connectivity index (χ4v) is 2.46. The second-order valence-electron chi connectivity index (χ2n) is 5.38. The van der Waals surface area contributed by atoms with Gasteiger partial charge in [0, 0.05) is 38.2 Å². The fourth-order valence-electron chi connectivity index (χ4n) is 2.46. The Hall–Kier alpha value is -2.48. The number of hydrogen-bond donors (Lipinski definition) is 2. The molecule has 1 saturated heterocycles. The number of imidazole rings is 1. The lowest BCUT2D eigenvalue weighted by Gasteiger charge is -2.11. The van der Waals surface area contributed by atoms with E-state index in [1.54, 1.807) is 6.20 Å². The summed E-state index contributed by atoms with van der Waals surface area (Å²) in [6, 6.07) is 1.85. The van der Waals surface area contributed by atoms with Crippen LogP contribution in [0.2, 0.25) is 0 Å². The van der Waals surface area contributed by atoms with Crippen molar-refractivity contribution < 1.29 is 9.53 Å². The summed E-state index contributed by atoms with van der Waals surface area (Å²) in [5.74, 6) is 2.37. The molecule has 2 aromatic rings. The van der Waals surface area contributed by atoms with Gasteiger partial charge in [-0.3, -0.25) is 9.36 Å². The van der Waals surface area contributed by atoms with E-state index in [1.807, 2.05) is 23.8 Å². The number of aromatic nitrogens is 4. The number of aryl methyl sites for hydroxylation is 1. The minimum atomic E-state index is -0.00938. The van der Waals surface area contributed by atoms with Crippen molar-refractivity contribution in [1.82, 2.24) is 24.8 Å². The Kier molecular flexibility index (Phi) is 4.82. The molecule has 122 valence electrons. The van der Waals surface area contributed by atoms with Gasteiger partial charge in [-0.1, -0.05) is 0 Å². The number of ether oxygens (including phenoxy) is 1. The summed E-state index contributed by atoms with van der Waals surface area (Å²) in [4.78, 5) is 24.5. The molecule has 0 unspecified atom stereocenters. The van der Waals surface area contributed by atoms with E-state index in [-0.39, 0.29) is 11.8 Å². The maximum absolute atomic E-state index is 11.8. The van der Waals surface area contributed by atoms with Crippen LogP contribution in [0.25, 0.3) is 5.82 Å². The molecular formula is C15H20N6O2. The Bertz CT molecular complexity index is 665. The first-order valence-corrected chi connectivity index (χ1v) is 7.66. The number of nitrogens with one attached hydrogen (secondary N) is 2. The minimum Gasteiger partial charge on any atom is -0.381 e. The van der Waals surface area contributed by atoms with Crippen LogP contribution in [-0.2, 0) is 9.53 Å². The van der Waals surface area contributed by atoms with E-state index in [0.717, 1.165) is 18.1 Å². The van der Waals surface area contributed by atoms with Gasteiger partial charge in [-0.05, 0) is 13.3 Å². The Morgan fingerprint density at radius 1 is 1.39 bits per heavy atom. The molecule has 1 aliphatic rings. The molecule has 3 heterocycles. The first kappa shape index (κ1) is 15.4. The van der Waals surface area contributed by atoms with Crippen LogP contribution in [0, 0.1) is 12.8 Å². The second-order valence-corrected chi connectivity index (χ2v) is 5.38. The van der Waals surface area contributed by atoms with Crippen LogP contribution in [-0.4, -0.2) is 51.7 Å². The summed E-state index contributed by atoms with van der Waals surface area (Å²) < 4.78 is 7.09. The topological polar surface area (TPSA) is 94.0 Å². The molecule has 23 heavy (non-hydrogen) atoms. The first-order valence-electron chi connectivity index (χ1n) is 7.66. The molecule has 1 fully saturated rings. The second kappa shape index (κ2) is 7.19. The highest BCUT2D eigenvalue weighted by molar-refractivity contribution is 5.79. The van der Waals surface area contributed by atoms with Crippen molar-refractivity contribution in [3.05, 3.63) is 30.6 Å². The molecule has 0 spiro atoms. The predicted molar refractivity (Wildman–Crippen MR) is 84.3 cm³/mol. The number of amides is 1. The van der Waals surface area contributed by atoms with E-state index in [4.69, 9.17) is 4.74 Å². The smallest absolute Gasteiger partial charge is 0.225 e. The molecule has 2 N–H and O–H groups in total. The molecule has 8 nitrogen and oxygen atoms in total. The zero-order valence-electron chi connectivity index (χ0n) is 13.0. The Labute approximate surface area is 134 Å². The highest BCUT2D eigenvalue weighted by atomic mass is 16.5. The van der Waals surface area contributed by atoms with Gasteiger partial charge in [-0.25, -0.2) is 15.0 Å². The van der Waals surface area contributed by atoms with E-state index in [9.17, 15) is 4.79 Å². The molecule has 1 aliphatic heterocycles. The molecule has 0 radical (unpaired) electrons. The van der Waals surface area contributed by atoms with Crippen LogP contribution in [0.4, 0.5) is 5.82 Å². The van der Waals surface area contributed by atoms with Gasteiger partial charge in [0.1, 0.15) is 23.8 Å². The molecule has 8 heteroatoms. The molecular weight excluding hydrogens is 296 g/mol. The molecule has 2 aromatic heterocycles. The molecule has 0 aromatic carbocycles. The number of rotatable bonds is 6. The maximum atomic E-state index is 11.8. The summed E-state index contributed by atoms with van der Waals surface area (Å²) in [7, 11) is 0. The van der Waals surface area contributed by atoms with E-state index < -0.39 is 0 Å². The average Bonchev–Trinajstić information content (AvgIpc) is 3.23. The number of carbonyl (C=O) groups excluding carboxylic acids is 1. The van der Waals surface area contributed by atoms with Gasteiger partial charge >= 0.3 is 0 Å². The number of carbonyl (C=O) groups is 1. The van der Waals surface area contributed by atoms with Gasteiger partial charge < -0.3 is 15.4 Å². The van der Waals surface area contributed by atoms with Gasteiger partial charge in [0.25, 0.3) is 0 Å². The fraction of sp³-hybridized carbons (Fsp3) is 0.467. The molecule has 1 amide bonds. The van der Waals surface area contributed by atoms with E-state index in [1.165, 1.54) is 6.33 Å².